The van der Waals surface area contributed by atoms with Gasteiger partial charge in [0.2, 0.25) is 11.8 Å². The first-order valence-electron chi connectivity index (χ1n) is 19.8. The largest absolute Gasteiger partial charge is 0.490 e. The summed E-state index contributed by atoms with van der Waals surface area (Å²) in [5, 5.41) is 9.74. The molecular weight excluding hydrogens is 840 g/mol. The number of amides is 2. The number of carboxylic acids is 1. The molecule has 62 heavy (non-hydrogen) atoms. The summed E-state index contributed by atoms with van der Waals surface area (Å²) in [6.45, 7) is 17.4. The van der Waals surface area contributed by atoms with Crippen molar-refractivity contribution in [3.8, 4) is 11.1 Å². The average molecular weight is 899 g/mol. The van der Waals surface area contributed by atoms with Crippen LogP contribution in [0.5, 0.6) is 0 Å². The topological polar surface area (TPSA) is 170 Å². The van der Waals surface area contributed by atoms with E-state index in [1.165, 1.54) is 17.8 Å². The van der Waals surface area contributed by atoms with E-state index in [0.29, 0.717) is 31.6 Å². The smallest absolute Gasteiger partial charge is 0.475 e. The monoisotopic (exact) mass is 898 g/mol. The molecule has 0 spiro atoms. The second kappa shape index (κ2) is 22.9. The standard InChI is InChI=1S/C42H58F2N4O6S.C2HF3O2/c1-40(2,3)38(34-22-29(31-23-30(43)16-17-32(31)44)26-47(34)25-28-14-11-10-12-15-28)48(20-13-19-45)36(50)27-55-21-18-35(49)46-33(39(52)54-42(7,8)9)24-37(51)53-41(4,5)6;3-2(4,5)1(6)7/h10-12,14-17,22-23,26,33,38H,13,18-21,24-25,27,45H2,1-9H3,(H,46,49);(H,6,7). The number of thioether (sulfide) groups is 1. The summed E-state index contributed by atoms with van der Waals surface area (Å²) in [5.74, 6) is -5.65. The van der Waals surface area contributed by atoms with E-state index in [2.05, 4.69) is 5.32 Å². The average Bonchev–Trinajstić information content (AvgIpc) is 3.52. The van der Waals surface area contributed by atoms with Crippen LogP contribution in [0.15, 0.2) is 60.8 Å². The number of carboxylic acid groups (broad SMARTS) is 1. The van der Waals surface area contributed by atoms with Crippen molar-refractivity contribution in [1.29, 1.82) is 0 Å². The predicted octanol–water partition coefficient (Wildman–Crippen LogP) is 8.06. The highest BCUT2D eigenvalue weighted by atomic mass is 32.2. The van der Waals surface area contributed by atoms with Crippen molar-refractivity contribution in [3.05, 3.63) is 83.7 Å². The first-order valence-corrected chi connectivity index (χ1v) is 21.0. The zero-order valence-electron chi connectivity index (χ0n) is 36.7. The van der Waals surface area contributed by atoms with E-state index in [1.807, 2.05) is 61.7 Å². The van der Waals surface area contributed by atoms with E-state index in [0.717, 1.165) is 23.4 Å². The lowest BCUT2D eigenvalue weighted by atomic mass is 9.83. The second-order valence-corrected chi connectivity index (χ2v) is 18.5. The van der Waals surface area contributed by atoms with Gasteiger partial charge in [-0.1, -0.05) is 51.1 Å². The Morgan fingerprint density at radius 1 is 0.887 bits per heavy atom. The molecule has 2 aromatic carbocycles. The minimum Gasteiger partial charge on any atom is -0.475 e. The molecule has 3 rings (SSSR count). The molecule has 0 bridgehead atoms. The Morgan fingerprint density at radius 2 is 1.48 bits per heavy atom. The van der Waals surface area contributed by atoms with Gasteiger partial charge in [0.15, 0.2) is 0 Å². The number of alkyl halides is 3. The number of benzene rings is 2. The summed E-state index contributed by atoms with van der Waals surface area (Å²) in [5.41, 5.74) is 6.17. The molecule has 0 aliphatic rings. The normalized spacial score (nSPS) is 13.0. The maximum absolute atomic E-state index is 15.1. The number of aromatic nitrogens is 1. The summed E-state index contributed by atoms with van der Waals surface area (Å²) in [4.78, 5) is 63.4. The minimum absolute atomic E-state index is 0.0282. The van der Waals surface area contributed by atoms with Gasteiger partial charge in [-0.3, -0.25) is 14.4 Å². The van der Waals surface area contributed by atoms with Crippen LogP contribution in [0, 0.1) is 17.0 Å². The highest BCUT2D eigenvalue weighted by molar-refractivity contribution is 7.99. The summed E-state index contributed by atoms with van der Waals surface area (Å²) < 4.78 is 74.0. The number of halogens is 5. The lowest BCUT2D eigenvalue weighted by Gasteiger charge is -2.41. The maximum Gasteiger partial charge on any atom is 0.490 e. The van der Waals surface area contributed by atoms with Crippen molar-refractivity contribution in [1.82, 2.24) is 14.8 Å². The van der Waals surface area contributed by atoms with Crippen LogP contribution in [0.2, 0.25) is 0 Å². The van der Waals surface area contributed by atoms with Gasteiger partial charge in [-0.25, -0.2) is 18.4 Å². The molecule has 2 atom stereocenters. The summed E-state index contributed by atoms with van der Waals surface area (Å²) >= 11 is 1.27. The SMILES string of the molecule is CC(C)(C)OC(=O)CC(NC(=O)CCSCC(=O)N(CCCN)C(c1cc(-c2cc(F)ccc2F)cn1Cc1ccccc1)C(C)(C)C)C(=O)OC(C)(C)C.O=C(O)C(F)(F)F. The van der Waals surface area contributed by atoms with Crippen LogP contribution in [0.25, 0.3) is 11.1 Å². The van der Waals surface area contributed by atoms with Crippen LogP contribution in [0.4, 0.5) is 22.0 Å². The van der Waals surface area contributed by atoms with Gasteiger partial charge in [-0.15, -0.1) is 0 Å². The Morgan fingerprint density at radius 3 is 2.02 bits per heavy atom. The van der Waals surface area contributed by atoms with Gasteiger partial charge in [-0.05, 0) is 89.8 Å². The van der Waals surface area contributed by atoms with E-state index < -0.39 is 76.7 Å². The van der Waals surface area contributed by atoms with E-state index in [-0.39, 0.29) is 29.4 Å². The number of aliphatic carboxylic acids is 1. The van der Waals surface area contributed by atoms with Crippen molar-refractivity contribution in [2.75, 3.05) is 24.6 Å². The van der Waals surface area contributed by atoms with E-state index in [9.17, 15) is 36.7 Å². The fraction of sp³-hybridized carbons (Fsp3) is 0.523. The van der Waals surface area contributed by atoms with Gasteiger partial charge >= 0.3 is 24.1 Å². The van der Waals surface area contributed by atoms with Crippen LogP contribution in [-0.4, -0.2) is 92.3 Å². The van der Waals surface area contributed by atoms with Gasteiger partial charge in [0.05, 0.1) is 18.2 Å². The number of carbonyl (C=O) groups is 5. The van der Waals surface area contributed by atoms with Crippen LogP contribution in [0.1, 0.15) is 98.9 Å². The van der Waals surface area contributed by atoms with Crippen molar-refractivity contribution < 1.29 is 60.5 Å². The quantitative estimate of drug-likeness (QED) is 0.0685. The molecule has 0 fully saturated rings. The predicted molar refractivity (Wildman–Crippen MR) is 227 cm³/mol. The van der Waals surface area contributed by atoms with Gasteiger partial charge < -0.3 is 35.1 Å². The fourth-order valence-electron chi connectivity index (χ4n) is 6.06. The number of esters is 2. The first-order chi connectivity index (χ1) is 28.5. The molecule has 4 N–H and O–H groups in total. The van der Waals surface area contributed by atoms with Gasteiger partial charge in [0.25, 0.3) is 0 Å². The van der Waals surface area contributed by atoms with E-state index in [1.54, 1.807) is 52.6 Å². The van der Waals surface area contributed by atoms with E-state index in [4.69, 9.17) is 25.1 Å². The minimum atomic E-state index is -5.08. The summed E-state index contributed by atoms with van der Waals surface area (Å²) in [6.07, 6.45) is -3.18. The Kier molecular flexibility index (Phi) is 19.7. The number of hydrogen-bond acceptors (Lipinski definition) is 9. The Balaban J connectivity index is 0.00000173. The lowest BCUT2D eigenvalue weighted by molar-refractivity contribution is -0.192. The van der Waals surface area contributed by atoms with Crippen LogP contribution < -0.4 is 11.1 Å². The Hall–Kier alpha value is -4.97. The molecule has 0 saturated heterocycles. The van der Waals surface area contributed by atoms with E-state index >= 15 is 4.39 Å². The zero-order chi connectivity index (χ0) is 47.2. The van der Waals surface area contributed by atoms with Crippen LogP contribution in [-0.2, 0) is 40.0 Å². The maximum atomic E-state index is 15.1. The molecule has 1 heterocycles. The number of nitrogens with one attached hydrogen (secondary N) is 1. The third-order valence-corrected chi connectivity index (χ3v) is 9.40. The molecule has 0 aliphatic carbocycles. The van der Waals surface area contributed by atoms with Crippen molar-refractivity contribution in [3.63, 3.8) is 0 Å². The third-order valence-electron chi connectivity index (χ3n) is 8.46. The summed E-state index contributed by atoms with van der Waals surface area (Å²) in [6, 6.07) is 13.2. The molecule has 0 radical (unpaired) electrons. The molecule has 2 unspecified atom stereocenters. The third kappa shape index (κ3) is 18.6. The number of hydrogen-bond donors (Lipinski definition) is 3. The van der Waals surface area contributed by atoms with Gasteiger partial charge in [-0.2, -0.15) is 24.9 Å². The molecule has 3 aromatic rings. The van der Waals surface area contributed by atoms with Gasteiger partial charge in [0.1, 0.15) is 28.9 Å². The highest BCUT2D eigenvalue weighted by Gasteiger charge is 2.39. The summed E-state index contributed by atoms with van der Waals surface area (Å²) in [7, 11) is 0. The number of rotatable bonds is 17. The Bertz CT molecular complexity index is 1970. The van der Waals surface area contributed by atoms with Crippen LogP contribution >= 0.6 is 11.8 Å². The molecule has 344 valence electrons. The number of ether oxygens (including phenoxy) is 2. The zero-order valence-corrected chi connectivity index (χ0v) is 37.5. The Labute approximate surface area is 364 Å². The number of nitrogens with two attached hydrogens (primary N) is 1. The fourth-order valence-corrected chi connectivity index (χ4v) is 6.88. The molecule has 0 saturated carbocycles. The molecular formula is C44H59F5N4O8S. The first kappa shape index (κ1) is 53.2. The highest BCUT2D eigenvalue weighted by Crippen LogP contribution is 2.41. The molecule has 12 nitrogen and oxygen atoms in total. The molecule has 18 heteroatoms. The van der Waals surface area contributed by atoms with Crippen molar-refractivity contribution in [2.45, 2.75) is 118 Å². The molecule has 2 amide bonds. The number of carbonyl (C=O) groups excluding carboxylic acids is 4. The van der Waals surface area contributed by atoms with Crippen molar-refractivity contribution in [2.24, 2.45) is 11.1 Å². The second-order valence-electron chi connectivity index (χ2n) is 17.4. The van der Waals surface area contributed by atoms with Gasteiger partial charge in [0, 0.05) is 48.3 Å². The van der Waals surface area contributed by atoms with Crippen LogP contribution in [0.3, 0.4) is 0 Å². The lowest BCUT2D eigenvalue weighted by Crippen LogP contribution is -2.46. The molecule has 1 aromatic heterocycles. The number of nitrogens with zero attached hydrogens (tertiary/aromatic N) is 2. The molecule has 0 aliphatic heterocycles. The van der Waals surface area contributed by atoms with Crippen molar-refractivity contribution >= 4 is 41.5 Å².